The van der Waals surface area contributed by atoms with Gasteiger partial charge in [0.1, 0.15) is 5.75 Å². The number of likely N-dealkylation sites (tertiary alicyclic amines) is 1. The van der Waals surface area contributed by atoms with Gasteiger partial charge in [0.25, 0.3) is 0 Å². The number of urea groups is 1. The van der Waals surface area contributed by atoms with E-state index in [1.807, 2.05) is 24.3 Å². The highest BCUT2D eigenvalue weighted by atomic mass is 16.5. The number of hydrogen-bond acceptors (Lipinski definition) is 4. The number of hydrogen-bond donors (Lipinski definition) is 2. The summed E-state index contributed by atoms with van der Waals surface area (Å²) in [4.78, 5) is 39.7. The second kappa shape index (κ2) is 8.75. The number of para-hydroxylation sites is 1. The van der Waals surface area contributed by atoms with Gasteiger partial charge in [0.05, 0.1) is 13.0 Å². The Hall–Kier alpha value is -2.77. The predicted octanol–water partition coefficient (Wildman–Crippen LogP) is 0.575. The minimum absolute atomic E-state index is 0.0543. The van der Waals surface area contributed by atoms with Crippen molar-refractivity contribution in [3.8, 4) is 5.75 Å². The maximum atomic E-state index is 12.5. The molecule has 2 fully saturated rings. The van der Waals surface area contributed by atoms with Crippen molar-refractivity contribution in [3.63, 3.8) is 0 Å². The maximum absolute atomic E-state index is 12.5. The zero-order valence-electron chi connectivity index (χ0n) is 15.6. The highest BCUT2D eigenvalue weighted by Gasteiger charge is 2.30. The Morgan fingerprint density at radius 1 is 1.30 bits per heavy atom. The SMILES string of the molecule is COc1ccccc1CN1C[C@H](C(=O)NCCN2CCNC2=O)CCC1=O. The Kier molecular flexibility index (Phi) is 6.16. The molecule has 0 spiro atoms. The summed E-state index contributed by atoms with van der Waals surface area (Å²) in [5.41, 5.74) is 0.925. The Morgan fingerprint density at radius 2 is 2.11 bits per heavy atom. The largest absolute Gasteiger partial charge is 0.496 e. The van der Waals surface area contributed by atoms with Crippen molar-refractivity contribution in [2.75, 3.05) is 39.8 Å². The molecule has 2 N–H and O–H groups in total. The Morgan fingerprint density at radius 3 is 2.85 bits per heavy atom. The summed E-state index contributed by atoms with van der Waals surface area (Å²) >= 11 is 0. The average molecular weight is 374 g/mol. The van der Waals surface area contributed by atoms with E-state index in [1.54, 1.807) is 16.9 Å². The highest BCUT2D eigenvalue weighted by Crippen LogP contribution is 2.24. The van der Waals surface area contributed by atoms with E-state index in [0.717, 1.165) is 11.3 Å². The van der Waals surface area contributed by atoms with E-state index in [9.17, 15) is 14.4 Å². The van der Waals surface area contributed by atoms with Gasteiger partial charge in [-0.1, -0.05) is 18.2 Å². The smallest absolute Gasteiger partial charge is 0.317 e. The van der Waals surface area contributed by atoms with Gasteiger partial charge in [-0.3, -0.25) is 9.59 Å². The van der Waals surface area contributed by atoms with Crippen LogP contribution in [-0.2, 0) is 16.1 Å². The van der Waals surface area contributed by atoms with E-state index in [4.69, 9.17) is 4.74 Å². The molecule has 146 valence electrons. The van der Waals surface area contributed by atoms with Gasteiger partial charge >= 0.3 is 6.03 Å². The fourth-order valence-corrected chi connectivity index (χ4v) is 3.50. The zero-order chi connectivity index (χ0) is 19.2. The van der Waals surface area contributed by atoms with Gasteiger partial charge in [-0.2, -0.15) is 0 Å². The highest BCUT2D eigenvalue weighted by molar-refractivity contribution is 5.84. The normalized spacial score (nSPS) is 19.8. The summed E-state index contributed by atoms with van der Waals surface area (Å²) in [6, 6.07) is 7.50. The number of nitrogens with zero attached hydrogens (tertiary/aromatic N) is 2. The number of carbonyl (C=O) groups is 3. The molecular weight excluding hydrogens is 348 g/mol. The summed E-state index contributed by atoms with van der Waals surface area (Å²) in [7, 11) is 1.60. The van der Waals surface area contributed by atoms with Crippen LogP contribution in [0.1, 0.15) is 18.4 Å². The number of methoxy groups -OCH3 is 1. The third-order valence-corrected chi connectivity index (χ3v) is 5.05. The van der Waals surface area contributed by atoms with E-state index in [-0.39, 0.29) is 23.8 Å². The van der Waals surface area contributed by atoms with Crippen molar-refractivity contribution in [1.29, 1.82) is 0 Å². The Bertz CT molecular complexity index is 709. The molecule has 27 heavy (non-hydrogen) atoms. The molecule has 1 aromatic carbocycles. The summed E-state index contributed by atoms with van der Waals surface area (Å²) in [5, 5.41) is 5.63. The number of nitrogens with one attached hydrogen (secondary N) is 2. The lowest BCUT2D eigenvalue weighted by molar-refractivity contribution is -0.138. The third-order valence-electron chi connectivity index (χ3n) is 5.05. The molecule has 0 radical (unpaired) electrons. The maximum Gasteiger partial charge on any atom is 0.317 e. The third kappa shape index (κ3) is 4.69. The quantitative estimate of drug-likeness (QED) is 0.730. The summed E-state index contributed by atoms with van der Waals surface area (Å²) < 4.78 is 5.35. The molecule has 3 rings (SSSR count). The molecule has 2 aliphatic heterocycles. The Labute approximate surface area is 158 Å². The van der Waals surface area contributed by atoms with Gasteiger partial charge in [-0.25, -0.2) is 4.79 Å². The molecule has 2 aliphatic rings. The van der Waals surface area contributed by atoms with E-state index >= 15 is 0 Å². The van der Waals surface area contributed by atoms with E-state index in [2.05, 4.69) is 10.6 Å². The summed E-state index contributed by atoms with van der Waals surface area (Å²) in [6.45, 7) is 3.06. The fraction of sp³-hybridized carbons (Fsp3) is 0.526. The zero-order valence-corrected chi connectivity index (χ0v) is 15.6. The van der Waals surface area contributed by atoms with Crippen LogP contribution >= 0.6 is 0 Å². The predicted molar refractivity (Wildman–Crippen MR) is 99.1 cm³/mol. The van der Waals surface area contributed by atoms with Crippen molar-refractivity contribution in [2.24, 2.45) is 5.92 Å². The number of rotatable bonds is 7. The monoisotopic (exact) mass is 374 g/mol. The van der Waals surface area contributed by atoms with Gasteiger partial charge in [0.15, 0.2) is 0 Å². The van der Waals surface area contributed by atoms with Crippen molar-refractivity contribution >= 4 is 17.8 Å². The van der Waals surface area contributed by atoms with Crippen LogP contribution in [0.3, 0.4) is 0 Å². The van der Waals surface area contributed by atoms with Crippen molar-refractivity contribution in [3.05, 3.63) is 29.8 Å². The first-order valence-electron chi connectivity index (χ1n) is 9.28. The van der Waals surface area contributed by atoms with Crippen LogP contribution in [0.15, 0.2) is 24.3 Å². The minimum atomic E-state index is -0.232. The molecule has 0 bridgehead atoms. The van der Waals surface area contributed by atoms with Crippen molar-refractivity contribution in [2.45, 2.75) is 19.4 Å². The first-order valence-corrected chi connectivity index (χ1v) is 9.28. The molecule has 1 aromatic rings. The van der Waals surface area contributed by atoms with Gasteiger partial charge in [0.2, 0.25) is 11.8 Å². The van der Waals surface area contributed by atoms with Gasteiger partial charge < -0.3 is 25.2 Å². The molecule has 0 aromatic heterocycles. The molecule has 0 aliphatic carbocycles. The number of benzene rings is 1. The second-order valence-corrected chi connectivity index (χ2v) is 6.83. The first-order chi connectivity index (χ1) is 13.1. The van der Waals surface area contributed by atoms with Crippen LogP contribution < -0.4 is 15.4 Å². The molecule has 0 unspecified atom stereocenters. The van der Waals surface area contributed by atoms with Crippen LogP contribution in [0.5, 0.6) is 5.75 Å². The summed E-state index contributed by atoms with van der Waals surface area (Å²) in [5.74, 6) is 0.497. The number of piperidine rings is 1. The Balaban J connectivity index is 1.52. The number of amides is 4. The molecule has 4 amide bonds. The lowest BCUT2D eigenvalue weighted by atomic mass is 9.96. The van der Waals surface area contributed by atoms with E-state index < -0.39 is 0 Å². The topological polar surface area (TPSA) is 91.0 Å². The van der Waals surface area contributed by atoms with Crippen LogP contribution in [0.2, 0.25) is 0 Å². The number of carbonyl (C=O) groups excluding carboxylic acids is 3. The molecule has 2 saturated heterocycles. The summed E-state index contributed by atoms with van der Waals surface area (Å²) in [6.07, 6.45) is 0.916. The van der Waals surface area contributed by atoms with Crippen LogP contribution in [0, 0.1) is 5.92 Å². The van der Waals surface area contributed by atoms with Crippen molar-refractivity contribution in [1.82, 2.24) is 20.4 Å². The van der Waals surface area contributed by atoms with Crippen LogP contribution in [-0.4, -0.2) is 67.5 Å². The van der Waals surface area contributed by atoms with Crippen LogP contribution in [0.25, 0.3) is 0 Å². The van der Waals surface area contributed by atoms with Crippen LogP contribution in [0.4, 0.5) is 4.79 Å². The lowest BCUT2D eigenvalue weighted by Gasteiger charge is -2.32. The molecule has 1 atom stereocenters. The fourth-order valence-electron chi connectivity index (χ4n) is 3.50. The molecule has 2 heterocycles. The van der Waals surface area contributed by atoms with Gasteiger partial charge in [-0.15, -0.1) is 0 Å². The molecule has 8 nitrogen and oxygen atoms in total. The molecular formula is C19H26N4O4. The minimum Gasteiger partial charge on any atom is -0.496 e. The van der Waals surface area contributed by atoms with E-state index in [0.29, 0.717) is 52.1 Å². The van der Waals surface area contributed by atoms with Crippen molar-refractivity contribution < 1.29 is 19.1 Å². The molecule has 0 saturated carbocycles. The van der Waals surface area contributed by atoms with Gasteiger partial charge in [-0.05, 0) is 12.5 Å². The standard InChI is InChI=1S/C19H26N4O4/c1-27-16-5-3-2-4-14(16)12-23-13-15(6-7-17(23)24)18(25)20-8-10-22-11-9-21-19(22)26/h2-5,15H,6-13H2,1H3,(H,20,25)(H,21,26)/t15-/m1/s1. The average Bonchev–Trinajstić information content (AvgIpc) is 3.08. The van der Waals surface area contributed by atoms with E-state index in [1.165, 1.54) is 0 Å². The molecule has 8 heteroatoms. The number of ether oxygens (including phenoxy) is 1. The second-order valence-electron chi connectivity index (χ2n) is 6.83. The van der Waals surface area contributed by atoms with Gasteiger partial charge in [0, 0.05) is 51.3 Å². The lowest BCUT2D eigenvalue weighted by Crippen LogP contribution is -2.46. The first kappa shape index (κ1) is 19.0.